The number of halogens is 3. The SMILES string of the molecule is COc1ccc(Cc2nnc(-c3ccc(C(F)(F)F)cc3)nn2)cc1. The molecule has 0 bridgehead atoms. The molecule has 0 N–H and O–H groups in total. The van der Waals surface area contributed by atoms with Crippen molar-refractivity contribution < 1.29 is 17.9 Å². The minimum Gasteiger partial charge on any atom is -0.497 e. The van der Waals surface area contributed by atoms with Crippen LogP contribution in [0.2, 0.25) is 0 Å². The topological polar surface area (TPSA) is 60.8 Å². The van der Waals surface area contributed by atoms with Crippen LogP contribution in [0, 0.1) is 0 Å². The average Bonchev–Trinajstić information content (AvgIpc) is 2.62. The Morgan fingerprint density at radius 1 is 0.840 bits per heavy atom. The maximum absolute atomic E-state index is 12.6. The van der Waals surface area contributed by atoms with Gasteiger partial charge in [0.25, 0.3) is 0 Å². The van der Waals surface area contributed by atoms with E-state index in [1.807, 2.05) is 24.3 Å². The van der Waals surface area contributed by atoms with E-state index in [2.05, 4.69) is 20.4 Å². The summed E-state index contributed by atoms with van der Waals surface area (Å²) in [6.45, 7) is 0. The molecule has 0 aliphatic rings. The average molecular weight is 346 g/mol. The van der Waals surface area contributed by atoms with Crippen molar-refractivity contribution in [3.63, 3.8) is 0 Å². The molecule has 0 atom stereocenters. The van der Waals surface area contributed by atoms with Gasteiger partial charge >= 0.3 is 6.18 Å². The van der Waals surface area contributed by atoms with Gasteiger partial charge in [0.1, 0.15) is 5.75 Å². The zero-order valence-electron chi connectivity index (χ0n) is 13.2. The lowest BCUT2D eigenvalue weighted by Crippen LogP contribution is -2.05. The molecule has 0 radical (unpaired) electrons. The molecule has 0 aliphatic carbocycles. The lowest BCUT2D eigenvalue weighted by atomic mass is 10.1. The van der Waals surface area contributed by atoms with Gasteiger partial charge in [-0.15, -0.1) is 20.4 Å². The second-order valence-corrected chi connectivity index (χ2v) is 5.24. The number of ether oxygens (including phenoxy) is 1. The number of methoxy groups -OCH3 is 1. The van der Waals surface area contributed by atoms with Crippen LogP contribution >= 0.6 is 0 Å². The Morgan fingerprint density at radius 3 is 1.96 bits per heavy atom. The summed E-state index contributed by atoms with van der Waals surface area (Å²) >= 11 is 0. The Morgan fingerprint density at radius 2 is 1.44 bits per heavy atom. The molecule has 0 aliphatic heterocycles. The Balaban J connectivity index is 1.73. The first-order valence-corrected chi connectivity index (χ1v) is 7.32. The summed E-state index contributed by atoms with van der Waals surface area (Å²) in [6, 6.07) is 12.0. The van der Waals surface area contributed by atoms with Crippen molar-refractivity contribution in [3.8, 4) is 17.1 Å². The van der Waals surface area contributed by atoms with Gasteiger partial charge in [-0.2, -0.15) is 13.2 Å². The fourth-order valence-electron chi connectivity index (χ4n) is 2.17. The molecule has 2 aromatic carbocycles. The minimum atomic E-state index is -4.38. The van der Waals surface area contributed by atoms with E-state index in [4.69, 9.17) is 4.74 Å². The number of nitrogens with zero attached hydrogens (tertiary/aromatic N) is 4. The lowest BCUT2D eigenvalue weighted by Gasteiger charge is -2.06. The fourth-order valence-corrected chi connectivity index (χ4v) is 2.17. The molecular formula is C17H13F3N4O. The van der Waals surface area contributed by atoms with E-state index in [0.717, 1.165) is 23.4 Å². The van der Waals surface area contributed by atoms with Gasteiger partial charge in [-0.1, -0.05) is 24.3 Å². The molecule has 25 heavy (non-hydrogen) atoms. The van der Waals surface area contributed by atoms with Crippen LogP contribution < -0.4 is 4.74 Å². The van der Waals surface area contributed by atoms with Crippen molar-refractivity contribution in [2.24, 2.45) is 0 Å². The van der Waals surface area contributed by atoms with Crippen LogP contribution in [0.5, 0.6) is 5.75 Å². The number of benzene rings is 2. The quantitative estimate of drug-likeness (QED) is 0.723. The van der Waals surface area contributed by atoms with E-state index in [-0.39, 0.29) is 5.82 Å². The van der Waals surface area contributed by atoms with Gasteiger partial charge in [-0.05, 0) is 29.8 Å². The van der Waals surface area contributed by atoms with Crippen molar-refractivity contribution in [1.82, 2.24) is 20.4 Å². The van der Waals surface area contributed by atoms with Crippen molar-refractivity contribution in [2.75, 3.05) is 7.11 Å². The van der Waals surface area contributed by atoms with Crippen molar-refractivity contribution >= 4 is 0 Å². The van der Waals surface area contributed by atoms with E-state index >= 15 is 0 Å². The van der Waals surface area contributed by atoms with Gasteiger partial charge in [0.05, 0.1) is 12.7 Å². The predicted octanol–water partition coefficient (Wildman–Crippen LogP) is 3.55. The van der Waals surface area contributed by atoms with Crippen molar-refractivity contribution in [1.29, 1.82) is 0 Å². The molecule has 5 nitrogen and oxygen atoms in total. The van der Waals surface area contributed by atoms with Gasteiger partial charge < -0.3 is 4.74 Å². The first kappa shape index (κ1) is 16.8. The maximum Gasteiger partial charge on any atom is 0.416 e. The van der Waals surface area contributed by atoms with Crippen LogP contribution in [0.3, 0.4) is 0 Å². The van der Waals surface area contributed by atoms with E-state index in [1.165, 1.54) is 12.1 Å². The highest BCUT2D eigenvalue weighted by molar-refractivity contribution is 5.54. The standard InChI is InChI=1S/C17H13F3N4O/c1-25-14-8-2-11(3-9-14)10-15-21-23-16(24-22-15)12-4-6-13(7-5-12)17(18,19)20/h2-9H,10H2,1H3. The normalized spacial score (nSPS) is 11.4. The maximum atomic E-state index is 12.6. The Kier molecular flexibility index (Phi) is 4.60. The van der Waals surface area contributed by atoms with Gasteiger partial charge in [0.15, 0.2) is 5.82 Å². The lowest BCUT2D eigenvalue weighted by molar-refractivity contribution is -0.137. The molecule has 0 saturated heterocycles. The van der Waals surface area contributed by atoms with E-state index in [0.29, 0.717) is 17.8 Å². The van der Waals surface area contributed by atoms with E-state index < -0.39 is 11.7 Å². The molecule has 3 aromatic rings. The first-order valence-electron chi connectivity index (χ1n) is 7.32. The third-order valence-electron chi connectivity index (χ3n) is 3.51. The Bertz CT molecular complexity index is 832. The molecule has 128 valence electrons. The molecule has 0 amide bonds. The summed E-state index contributed by atoms with van der Waals surface area (Å²) in [5.41, 5.74) is 0.656. The van der Waals surface area contributed by atoms with Crippen LogP contribution in [0.4, 0.5) is 13.2 Å². The first-order chi connectivity index (χ1) is 12.0. The third kappa shape index (κ3) is 4.09. The van der Waals surface area contributed by atoms with Crippen molar-refractivity contribution in [3.05, 3.63) is 65.5 Å². The summed E-state index contributed by atoms with van der Waals surface area (Å²) in [7, 11) is 1.59. The van der Waals surface area contributed by atoms with Gasteiger partial charge in [-0.3, -0.25) is 0 Å². The molecule has 0 fully saturated rings. The van der Waals surface area contributed by atoms with Crippen LogP contribution in [-0.4, -0.2) is 27.5 Å². The highest BCUT2D eigenvalue weighted by atomic mass is 19.4. The summed E-state index contributed by atoms with van der Waals surface area (Å²) in [6.07, 6.45) is -3.94. The zero-order chi connectivity index (χ0) is 17.9. The second kappa shape index (κ2) is 6.84. The predicted molar refractivity (Wildman–Crippen MR) is 83.9 cm³/mol. The van der Waals surface area contributed by atoms with Gasteiger partial charge in [-0.25, -0.2) is 0 Å². The Hall–Kier alpha value is -3.03. The van der Waals surface area contributed by atoms with E-state index in [9.17, 15) is 13.2 Å². The van der Waals surface area contributed by atoms with Crippen LogP contribution in [0.1, 0.15) is 17.0 Å². The van der Waals surface area contributed by atoms with Gasteiger partial charge in [0.2, 0.25) is 5.82 Å². The largest absolute Gasteiger partial charge is 0.497 e. The minimum absolute atomic E-state index is 0.173. The van der Waals surface area contributed by atoms with Crippen LogP contribution in [0.25, 0.3) is 11.4 Å². The third-order valence-corrected chi connectivity index (χ3v) is 3.51. The summed E-state index contributed by atoms with van der Waals surface area (Å²) in [5, 5.41) is 15.9. The highest BCUT2D eigenvalue weighted by Crippen LogP contribution is 2.30. The van der Waals surface area contributed by atoms with Crippen molar-refractivity contribution in [2.45, 2.75) is 12.6 Å². The molecule has 0 saturated carbocycles. The summed E-state index contributed by atoms with van der Waals surface area (Å²) in [5.74, 6) is 1.34. The summed E-state index contributed by atoms with van der Waals surface area (Å²) in [4.78, 5) is 0. The fraction of sp³-hybridized carbons (Fsp3) is 0.176. The summed E-state index contributed by atoms with van der Waals surface area (Å²) < 4.78 is 42.8. The van der Waals surface area contributed by atoms with Crippen LogP contribution in [0.15, 0.2) is 48.5 Å². The molecular weight excluding hydrogens is 333 g/mol. The van der Waals surface area contributed by atoms with Gasteiger partial charge in [0, 0.05) is 12.0 Å². The smallest absolute Gasteiger partial charge is 0.416 e. The highest BCUT2D eigenvalue weighted by Gasteiger charge is 2.30. The zero-order valence-corrected chi connectivity index (χ0v) is 13.2. The molecule has 0 spiro atoms. The number of aromatic nitrogens is 4. The van der Waals surface area contributed by atoms with Crippen LogP contribution in [-0.2, 0) is 12.6 Å². The molecule has 8 heteroatoms. The second-order valence-electron chi connectivity index (χ2n) is 5.24. The number of hydrogen-bond acceptors (Lipinski definition) is 5. The molecule has 1 heterocycles. The monoisotopic (exact) mass is 346 g/mol. The molecule has 3 rings (SSSR count). The van der Waals surface area contributed by atoms with E-state index in [1.54, 1.807) is 7.11 Å². The number of alkyl halides is 3. The number of rotatable bonds is 4. The Labute approximate surface area is 141 Å². The molecule has 0 unspecified atom stereocenters. The molecule has 1 aromatic heterocycles. The number of hydrogen-bond donors (Lipinski definition) is 0.